The van der Waals surface area contributed by atoms with Crippen LogP contribution in [0, 0.1) is 23.3 Å². The summed E-state index contributed by atoms with van der Waals surface area (Å²) in [6.07, 6.45) is 2.31. The Bertz CT molecular complexity index is 606. The largest absolute Gasteiger partial charge is 0.314 e. The highest BCUT2D eigenvalue weighted by Crippen LogP contribution is 2.25. The van der Waals surface area contributed by atoms with E-state index in [0.717, 1.165) is 12.8 Å². The molecule has 1 aromatic carbocycles. The van der Waals surface area contributed by atoms with Crippen LogP contribution >= 0.6 is 0 Å². The number of sulfonamides is 1. The van der Waals surface area contributed by atoms with Crippen molar-refractivity contribution in [3.05, 3.63) is 29.3 Å². The summed E-state index contributed by atoms with van der Waals surface area (Å²) in [6, 6.07) is 0.426. The molecule has 0 aromatic heterocycles. The highest BCUT2D eigenvalue weighted by atomic mass is 32.2. The first-order valence-corrected chi connectivity index (χ1v) is 8.02. The minimum Gasteiger partial charge on any atom is -0.314 e. The fraction of sp³-hybridized carbons (Fsp3) is 0.500. The van der Waals surface area contributed by atoms with Gasteiger partial charge in [-0.2, -0.15) is 0 Å². The van der Waals surface area contributed by atoms with Gasteiger partial charge in [-0.15, -0.1) is 0 Å². The number of benzene rings is 1. The van der Waals surface area contributed by atoms with Crippen LogP contribution in [0.5, 0.6) is 0 Å². The molecule has 1 aliphatic carbocycles. The minimum atomic E-state index is -4.09. The lowest BCUT2D eigenvalue weighted by Gasteiger charge is -2.11. The van der Waals surface area contributed by atoms with E-state index in [1.807, 2.05) is 0 Å². The Balaban J connectivity index is 2.01. The highest BCUT2D eigenvalue weighted by Gasteiger charge is 2.24. The first-order valence-electron chi connectivity index (χ1n) is 6.37. The second kappa shape index (κ2) is 6.18. The van der Waals surface area contributed by atoms with Crippen LogP contribution in [0.2, 0.25) is 0 Å². The average Bonchev–Trinajstić information content (AvgIpc) is 3.22. The van der Waals surface area contributed by atoms with Gasteiger partial charge in [0.25, 0.3) is 0 Å². The molecule has 0 aliphatic heterocycles. The van der Waals surface area contributed by atoms with Gasteiger partial charge in [-0.05, 0) is 25.8 Å². The lowest BCUT2D eigenvalue weighted by Crippen LogP contribution is -2.24. The second-order valence-electron chi connectivity index (χ2n) is 4.85. The molecule has 1 fully saturated rings. The van der Waals surface area contributed by atoms with Gasteiger partial charge in [-0.3, -0.25) is 4.72 Å². The number of hydrogen-bond donors (Lipinski definition) is 2. The molecule has 1 aliphatic rings. The summed E-state index contributed by atoms with van der Waals surface area (Å²) < 4.78 is 77.5. The first kappa shape index (κ1) is 16.0. The van der Waals surface area contributed by atoms with Gasteiger partial charge in [0.15, 0.2) is 23.3 Å². The molecule has 4 nitrogen and oxygen atoms in total. The SMILES string of the molecule is O=S(=O)(CCCNC1CC1)Nc1c(F)c(F)cc(F)c1F. The Labute approximate surface area is 119 Å². The Morgan fingerprint density at radius 3 is 2.19 bits per heavy atom. The molecule has 0 heterocycles. The standard InChI is InChI=1S/C12H14F4N2O2S/c13-8-6-9(14)11(16)12(10(8)15)18-21(19,20)5-1-4-17-7-2-3-7/h6-7,17-18H,1-5H2. The molecule has 21 heavy (non-hydrogen) atoms. The summed E-state index contributed by atoms with van der Waals surface area (Å²) in [7, 11) is -4.09. The van der Waals surface area contributed by atoms with Crippen LogP contribution in [0.25, 0.3) is 0 Å². The summed E-state index contributed by atoms with van der Waals surface area (Å²) in [5, 5.41) is 3.07. The van der Waals surface area contributed by atoms with Crippen molar-refractivity contribution in [1.29, 1.82) is 0 Å². The van der Waals surface area contributed by atoms with Crippen LogP contribution in [-0.4, -0.2) is 26.8 Å². The predicted molar refractivity (Wildman–Crippen MR) is 69.3 cm³/mol. The number of halogens is 4. The van der Waals surface area contributed by atoms with Gasteiger partial charge in [0, 0.05) is 12.1 Å². The molecule has 0 spiro atoms. The minimum absolute atomic E-state index is 0.0159. The van der Waals surface area contributed by atoms with Crippen molar-refractivity contribution in [2.24, 2.45) is 0 Å². The van der Waals surface area contributed by atoms with E-state index in [1.54, 1.807) is 4.72 Å². The van der Waals surface area contributed by atoms with Crippen molar-refractivity contribution in [1.82, 2.24) is 5.32 Å². The second-order valence-corrected chi connectivity index (χ2v) is 6.69. The van der Waals surface area contributed by atoms with Crippen LogP contribution < -0.4 is 10.0 Å². The molecule has 2 N–H and O–H groups in total. The van der Waals surface area contributed by atoms with Crippen LogP contribution in [-0.2, 0) is 10.0 Å². The molecule has 0 saturated heterocycles. The molecule has 0 amide bonds. The molecule has 1 saturated carbocycles. The summed E-state index contributed by atoms with van der Waals surface area (Å²) in [4.78, 5) is 0. The summed E-state index contributed by atoms with van der Waals surface area (Å²) in [6.45, 7) is 0.439. The highest BCUT2D eigenvalue weighted by molar-refractivity contribution is 7.92. The number of anilines is 1. The Morgan fingerprint density at radius 2 is 1.67 bits per heavy atom. The number of rotatable bonds is 7. The normalized spacial score (nSPS) is 15.2. The first-order chi connectivity index (χ1) is 9.80. The third-order valence-corrected chi connectivity index (χ3v) is 4.31. The van der Waals surface area contributed by atoms with E-state index in [-0.39, 0.29) is 12.5 Å². The fourth-order valence-corrected chi connectivity index (χ4v) is 2.84. The van der Waals surface area contributed by atoms with Gasteiger partial charge in [0.1, 0.15) is 5.69 Å². The molecule has 9 heteroatoms. The lowest BCUT2D eigenvalue weighted by molar-refractivity contribution is 0.459. The molecule has 2 rings (SSSR count). The molecule has 0 bridgehead atoms. The smallest absolute Gasteiger partial charge is 0.232 e. The topological polar surface area (TPSA) is 58.2 Å². The molecule has 0 atom stereocenters. The molecule has 1 aromatic rings. The molecule has 0 unspecified atom stereocenters. The average molecular weight is 326 g/mol. The van der Waals surface area contributed by atoms with Crippen LogP contribution in [0.4, 0.5) is 23.2 Å². The van der Waals surface area contributed by atoms with E-state index in [4.69, 9.17) is 0 Å². The maximum atomic E-state index is 13.4. The van der Waals surface area contributed by atoms with E-state index in [1.165, 1.54) is 0 Å². The number of hydrogen-bond acceptors (Lipinski definition) is 3. The molecular formula is C12H14F4N2O2S. The van der Waals surface area contributed by atoms with Crippen molar-refractivity contribution in [2.45, 2.75) is 25.3 Å². The van der Waals surface area contributed by atoms with E-state index in [2.05, 4.69) is 5.32 Å². The Kier molecular flexibility index (Phi) is 4.72. The maximum Gasteiger partial charge on any atom is 0.232 e. The molecule has 0 radical (unpaired) electrons. The third kappa shape index (κ3) is 4.31. The van der Waals surface area contributed by atoms with Crippen molar-refractivity contribution in [3.63, 3.8) is 0 Å². The van der Waals surface area contributed by atoms with Crippen LogP contribution in [0.3, 0.4) is 0 Å². The fourth-order valence-electron chi connectivity index (χ4n) is 1.73. The summed E-state index contributed by atoms with van der Waals surface area (Å²) in [5.74, 6) is -7.28. The monoisotopic (exact) mass is 326 g/mol. The quantitative estimate of drug-likeness (QED) is 0.458. The lowest BCUT2D eigenvalue weighted by atomic mass is 10.3. The van der Waals surface area contributed by atoms with Crippen LogP contribution in [0.1, 0.15) is 19.3 Å². The Morgan fingerprint density at radius 1 is 1.10 bits per heavy atom. The predicted octanol–water partition coefficient (Wildman–Crippen LogP) is 2.13. The van der Waals surface area contributed by atoms with Gasteiger partial charge in [-0.25, -0.2) is 26.0 Å². The van der Waals surface area contributed by atoms with Gasteiger partial charge < -0.3 is 5.32 Å². The summed E-state index contributed by atoms with van der Waals surface area (Å²) in [5.41, 5.74) is -1.33. The van der Waals surface area contributed by atoms with Crippen molar-refractivity contribution < 1.29 is 26.0 Å². The third-order valence-electron chi connectivity index (χ3n) is 2.97. The van der Waals surface area contributed by atoms with Gasteiger partial charge in [0.05, 0.1) is 5.75 Å². The van der Waals surface area contributed by atoms with Gasteiger partial charge in [0.2, 0.25) is 10.0 Å². The van der Waals surface area contributed by atoms with E-state index < -0.39 is 44.7 Å². The van der Waals surface area contributed by atoms with Gasteiger partial charge in [-0.1, -0.05) is 0 Å². The van der Waals surface area contributed by atoms with E-state index >= 15 is 0 Å². The molecular weight excluding hydrogens is 312 g/mol. The maximum absolute atomic E-state index is 13.4. The van der Waals surface area contributed by atoms with E-state index in [0.29, 0.717) is 12.6 Å². The van der Waals surface area contributed by atoms with Crippen molar-refractivity contribution >= 4 is 15.7 Å². The zero-order valence-corrected chi connectivity index (χ0v) is 11.7. The van der Waals surface area contributed by atoms with Crippen LogP contribution in [0.15, 0.2) is 6.07 Å². The van der Waals surface area contributed by atoms with Crippen molar-refractivity contribution in [2.75, 3.05) is 17.0 Å². The van der Waals surface area contributed by atoms with E-state index in [9.17, 15) is 26.0 Å². The van der Waals surface area contributed by atoms with Gasteiger partial charge >= 0.3 is 0 Å². The van der Waals surface area contributed by atoms with Crippen molar-refractivity contribution in [3.8, 4) is 0 Å². The zero-order valence-electron chi connectivity index (χ0n) is 10.9. The molecule has 118 valence electrons. The zero-order chi connectivity index (χ0) is 15.6. The summed E-state index contributed by atoms with van der Waals surface area (Å²) >= 11 is 0. The Hall–Kier alpha value is -1.35. The number of nitrogens with one attached hydrogen (secondary N) is 2.